The number of benzene rings is 1. The Balaban J connectivity index is 1.99. The average molecular weight is 414 g/mol. The average Bonchev–Trinajstić information content (AvgIpc) is 3.01. The van der Waals surface area contributed by atoms with Gasteiger partial charge in [0.1, 0.15) is 0 Å². The van der Waals surface area contributed by atoms with E-state index >= 15 is 0 Å². The van der Waals surface area contributed by atoms with Crippen LogP contribution in [0, 0.1) is 11.3 Å². The number of pyridine rings is 1. The van der Waals surface area contributed by atoms with Gasteiger partial charge in [0, 0.05) is 23.9 Å². The normalized spacial score (nSPS) is 10.5. The number of aromatic nitrogens is 2. The summed E-state index contributed by atoms with van der Waals surface area (Å²) in [7, 11) is 0. The van der Waals surface area contributed by atoms with Crippen molar-refractivity contribution in [2.24, 2.45) is 0 Å². The summed E-state index contributed by atoms with van der Waals surface area (Å²) in [5.74, 6) is -0.273. The molecule has 0 saturated carbocycles. The summed E-state index contributed by atoms with van der Waals surface area (Å²) in [5, 5.41) is 21.9. The van der Waals surface area contributed by atoms with Crippen molar-refractivity contribution in [3.8, 4) is 6.07 Å². The SMILES string of the molecule is N#Cc1ccc(CNNC(=O)O)c(C(=O)c2ccn3ncc(Br)c3c2)c1. The maximum Gasteiger partial charge on any atom is 0.419 e. The lowest BCUT2D eigenvalue weighted by molar-refractivity contribution is 0.103. The zero-order valence-electron chi connectivity index (χ0n) is 13.2. The number of carbonyl (C=O) groups excluding carboxylic acids is 1. The molecule has 0 radical (unpaired) electrons. The van der Waals surface area contributed by atoms with Crippen molar-refractivity contribution in [1.29, 1.82) is 5.26 Å². The summed E-state index contributed by atoms with van der Waals surface area (Å²) in [5.41, 5.74) is 6.94. The van der Waals surface area contributed by atoms with Gasteiger partial charge in [-0.05, 0) is 45.8 Å². The van der Waals surface area contributed by atoms with Gasteiger partial charge in [-0.25, -0.2) is 14.7 Å². The molecule has 9 heteroatoms. The van der Waals surface area contributed by atoms with E-state index in [2.05, 4.69) is 26.5 Å². The maximum atomic E-state index is 13.0. The number of hydrogen-bond donors (Lipinski definition) is 3. The molecule has 0 atom stereocenters. The van der Waals surface area contributed by atoms with Crippen molar-refractivity contribution in [3.63, 3.8) is 0 Å². The summed E-state index contributed by atoms with van der Waals surface area (Å²) in [4.78, 5) is 23.6. The number of ketones is 1. The number of fused-ring (bicyclic) bond motifs is 1. The number of nitrogens with one attached hydrogen (secondary N) is 2. The number of hydrazine groups is 1. The van der Waals surface area contributed by atoms with E-state index in [-0.39, 0.29) is 12.3 Å². The van der Waals surface area contributed by atoms with Crippen molar-refractivity contribution in [3.05, 3.63) is 69.5 Å². The molecule has 3 N–H and O–H groups in total. The highest BCUT2D eigenvalue weighted by Gasteiger charge is 2.16. The predicted octanol–water partition coefficient (Wildman–Crippen LogP) is 2.47. The predicted molar refractivity (Wildman–Crippen MR) is 95.5 cm³/mol. The number of nitriles is 1. The monoisotopic (exact) mass is 413 g/mol. The lowest BCUT2D eigenvalue weighted by Gasteiger charge is -2.11. The first kappa shape index (κ1) is 17.6. The van der Waals surface area contributed by atoms with Crippen LogP contribution in [-0.2, 0) is 6.54 Å². The Hall–Kier alpha value is -3.22. The first-order valence-electron chi connectivity index (χ1n) is 7.42. The van der Waals surface area contributed by atoms with Crippen LogP contribution in [-0.4, -0.2) is 26.6 Å². The second kappa shape index (κ2) is 7.35. The van der Waals surface area contributed by atoms with E-state index in [4.69, 9.17) is 10.4 Å². The van der Waals surface area contributed by atoms with Gasteiger partial charge >= 0.3 is 6.09 Å². The van der Waals surface area contributed by atoms with E-state index in [1.54, 1.807) is 41.2 Å². The van der Waals surface area contributed by atoms with Gasteiger partial charge in [0.15, 0.2) is 5.78 Å². The van der Waals surface area contributed by atoms with Gasteiger partial charge in [0.05, 0.1) is 27.8 Å². The quantitative estimate of drug-likeness (QED) is 0.436. The number of amides is 1. The first-order valence-corrected chi connectivity index (χ1v) is 8.21. The van der Waals surface area contributed by atoms with Crippen LogP contribution >= 0.6 is 15.9 Å². The van der Waals surface area contributed by atoms with Crippen LogP contribution in [0.15, 0.2) is 47.2 Å². The molecule has 1 amide bonds. The third-order valence-electron chi connectivity index (χ3n) is 3.69. The summed E-state index contributed by atoms with van der Waals surface area (Å²) in [6, 6.07) is 10.0. The molecular formula is C17H12BrN5O3. The molecule has 0 fully saturated rings. The highest BCUT2D eigenvalue weighted by molar-refractivity contribution is 9.10. The minimum absolute atomic E-state index is 0.0949. The lowest BCUT2D eigenvalue weighted by atomic mass is 9.96. The standard InChI is InChI=1S/C17H12BrN5O3/c18-14-9-21-23-4-3-11(6-15(14)23)16(24)13-5-10(7-19)1-2-12(13)8-20-22-17(25)26/h1-6,9,20,22H,8H2,(H,25,26). The molecule has 0 spiro atoms. The Morgan fingerprint density at radius 1 is 1.31 bits per heavy atom. The molecule has 0 aliphatic rings. The number of carboxylic acid groups (broad SMARTS) is 1. The number of hydrogen-bond acceptors (Lipinski definition) is 5. The van der Waals surface area contributed by atoms with Gasteiger partial charge in [-0.3, -0.25) is 10.2 Å². The molecule has 130 valence electrons. The molecule has 26 heavy (non-hydrogen) atoms. The zero-order valence-corrected chi connectivity index (χ0v) is 14.8. The number of halogens is 1. The van der Waals surface area contributed by atoms with E-state index in [9.17, 15) is 9.59 Å². The molecule has 0 aliphatic heterocycles. The topological polar surface area (TPSA) is 120 Å². The van der Waals surface area contributed by atoms with Crippen LogP contribution in [0.4, 0.5) is 4.79 Å². The van der Waals surface area contributed by atoms with Gasteiger partial charge in [0.2, 0.25) is 0 Å². The number of carbonyl (C=O) groups is 2. The van der Waals surface area contributed by atoms with Crippen molar-refractivity contribution in [2.75, 3.05) is 0 Å². The summed E-state index contributed by atoms with van der Waals surface area (Å²) in [6.45, 7) is 0.0949. The van der Waals surface area contributed by atoms with E-state index < -0.39 is 6.09 Å². The molecular weight excluding hydrogens is 402 g/mol. The highest BCUT2D eigenvalue weighted by Crippen LogP contribution is 2.21. The van der Waals surface area contributed by atoms with Crippen molar-refractivity contribution >= 4 is 33.3 Å². The Bertz CT molecular complexity index is 1050. The van der Waals surface area contributed by atoms with Crippen LogP contribution < -0.4 is 10.9 Å². The Morgan fingerprint density at radius 2 is 2.12 bits per heavy atom. The van der Waals surface area contributed by atoms with E-state index in [1.165, 1.54) is 6.07 Å². The molecule has 2 aromatic heterocycles. The molecule has 8 nitrogen and oxygen atoms in total. The second-order valence-corrected chi connectivity index (χ2v) is 6.19. The van der Waals surface area contributed by atoms with Gasteiger partial charge < -0.3 is 5.11 Å². The molecule has 2 heterocycles. The molecule has 0 unspecified atom stereocenters. The second-order valence-electron chi connectivity index (χ2n) is 5.33. The summed E-state index contributed by atoms with van der Waals surface area (Å²) in [6.07, 6.45) is 2.07. The fraction of sp³-hybridized carbons (Fsp3) is 0.0588. The van der Waals surface area contributed by atoms with Crippen LogP contribution in [0.1, 0.15) is 27.0 Å². The van der Waals surface area contributed by atoms with Crippen LogP contribution in [0.5, 0.6) is 0 Å². The van der Waals surface area contributed by atoms with Crippen molar-refractivity contribution < 1.29 is 14.7 Å². The molecule has 0 saturated heterocycles. The van der Waals surface area contributed by atoms with Gasteiger partial charge in [-0.2, -0.15) is 10.4 Å². The Morgan fingerprint density at radius 3 is 2.85 bits per heavy atom. The Labute approximate surface area is 156 Å². The minimum Gasteiger partial charge on any atom is -0.464 e. The summed E-state index contributed by atoms with van der Waals surface area (Å²) < 4.78 is 2.39. The molecule has 0 aliphatic carbocycles. The fourth-order valence-electron chi connectivity index (χ4n) is 2.47. The van der Waals surface area contributed by atoms with Crippen LogP contribution in [0.2, 0.25) is 0 Å². The van der Waals surface area contributed by atoms with Crippen molar-refractivity contribution in [2.45, 2.75) is 6.54 Å². The van der Waals surface area contributed by atoms with Crippen LogP contribution in [0.25, 0.3) is 5.52 Å². The number of nitrogens with zero attached hydrogens (tertiary/aromatic N) is 3. The number of rotatable bonds is 5. The van der Waals surface area contributed by atoms with E-state index in [0.29, 0.717) is 22.3 Å². The van der Waals surface area contributed by atoms with Crippen molar-refractivity contribution in [1.82, 2.24) is 20.5 Å². The molecule has 3 rings (SSSR count). The Kier molecular flexibility index (Phi) is 4.97. The van der Waals surface area contributed by atoms with Gasteiger partial charge in [-0.1, -0.05) is 6.07 Å². The molecule has 3 aromatic rings. The largest absolute Gasteiger partial charge is 0.464 e. The smallest absolute Gasteiger partial charge is 0.419 e. The zero-order chi connectivity index (χ0) is 18.7. The highest BCUT2D eigenvalue weighted by atomic mass is 79.9. The lowest BCUT2D eigenvalue weighted by Crippen LogP contribution is -2.35. The van der Waals surface area contributed by atoms with E-state index in [1.807, 2.05) is 11.5 Å². The van der Waals surface area contributed by atoms with Crippen LogP contribution in [0.3, 0.4) is 0 Å². The molecule has 1 aromatic carbocycles. The van der Waals surface area contributed by atoms with Gasteiger partial charge in [-0.15, -0.1) is 0 Å². The molecule has 0 bridgehead atoms. The first-order chi connectivity index (χ1) is 12.5. The summed E-state index contributed by atoms with van der Waals surface area (Å²) >= 11 is 3.38. The van der Waals surface area contributed by atoms with E-state index in [0.717, 1.165) is 9.99 Å². The maximum absolute atomic E-state index is 13.0. The third-order valence-corrected chi connectivity index (χ3v) is 4.31. The third kappa shape index (κ3) is 3.56. The fourth-order valence-corrected chi connectivity index (χ4v) is 2.86. The minimum atomic E-state index is -1.23. The van der Waals surface area contributed by atoms with Gasteiger partial charge in [0.25, 0.3) is 0 Å².